The highest BCUT2D eigenvalue weighted by atomic mass is 35.5. The van der Waals surface area contributed by atoms with Gasteiger partial charge in [-0.1, -0.05) is 24.4 Å². The Kier molecular flexibility index (Phi) is 6.53. The minimum absolute atomic E-state index is 0.0616. The van der Waals surface area contributed by atoms with E-state index in [4.69, 9.17) is 25.8 Å². The van der Waals surface area contributed by atoms with E-state index < -0.39 is 11.4 Å². The fraction of sp³-hybridized carbons (Fsp3) is 0.478. The van der Waals surface area contributed by atoms with Crippen molar-refractivity contribution < 1.29 is 24.1 Å². The van der Waals surface area contributed by atoms with Gasteiger partial charge in [-0.05, 0) is 24.8 Å². The fourth-order valence-electron chi connectivity index (χ4n) is 4.51. The quantitative estimate of drug-likeness (QED) is 0.633. The van der Waals surface area contributed by atoms with Gasteiger partial charge in [0.15, 0.2) is 5.43 Å². The molecule has 0 amide bonds. The molecule has 0 spiro atoms. The fourth-order valence-corrected chi connectivity index (χ4v) is 4.73. The van der Waals surface area contributed by atoms with Crippen molar-refractivity contribution >= 4 is 17.6 Å². The predicted molar refractivity (Wildman–Crippen MR) is 117 cm³/mol. The molecule has 1 saturated carbocycles. The van der Waals surface area contributed by atoms with Crippen molar-refractivity contribution in [3.05, 3.63) is 45.2 Å². The maximum absolute atomic E-state index is 12.5. The van der Waals surface area contributed by atoms with Crippen molar-refractivity contribution in [3.63, 3.8) is 0 Å². The van der Waals surface area contributed by atoms with Gasteiger partial charge in [-0.3, -0.25) is 4.79 Å². The molecule has 1 fully saturated rings. The Morgan fingerprint density at radius 2 is 2.03 bits per heavy atom. The first-order chi connectivity index (χ1) is 15.0. The summed E-state index contributed by atoms with van der Waals surface area (Å²) in [7, 11) is 1.64. The predicted octanol–water partition coefficient (Wildman–Crippen LogP) is 4.41. The van der Waals surface area contributed by atoms with Crippen LogP contribution in [0.3, 0.4) is 0 Å². The summed E-state index contributed by atoms with van der Waals surface area (Å²) >= 11 is 6.49. The van der Waals surface area contributed by atoms with Crippen LogP contribution in [-0.2, 0) is 4.74 Å². The van der Waals surface area contributed by atoms with Gasteiger partial charge in [-0.25, -0.2) is 4.79 Å². The Balaban J connectivity index is 1.78. The lowest BCUT2D eigenvalue weighted by Gasteiger charge is -2.26. The van der Waals surface area contributed by atoms with Gasteiger partial charge in [0.2, 0.25) is 0 Å². The molecule has 0 saturated heterocycles. The van der Waals surface area contributed by atoms with E-state index in [0.29, 0.717) is 53.5 Å². The van der Waals surface area contributed by atoms with E-state index in [2.05, 4.69) is 0 Å². The van der Waals surface area contributed by atoms with Crippen LogP contribution < -0.4 is 14.9 Å². The summed E-state index contributed by atoms with van der Waals surface area (Å²) in [5.41, 5.74) is 0.503. The number of hydrogen-bond donors (Lipinski definition) is 1. The summed E-state index contributed by atoms with van der Waals surface area (Å²) in [5, 5.41) is 9.90. The van der Waals surface area contributed by atoms with Gasteiger partial charge in [0.05, 0.1) is 23.4 Å². The molecule has 1 aliphatic carbocycles. The van der Waals surface area contributed by atoms with Crippen molar-refractivity contribution in [1.82, 2.24) is 4.57 Å². The maximum Gasteiger partial charge on any atom is 0.341 e. The molecule has 166 valence electrons. The van der Waals surface area contributed by atoms with Gasteiger partial charge in [-0.15, -0.1) is 0 Å². The lowest BCUT2D eigenvalue weighted by atomic mass is 9.97. The number of fused-ring (bicyclic) bond motifs is 3. The summed E-state index contributed by atoms with van der Waals surface area (Å²) in [6.45, 7) is 1.43. The Morgan fingerprint density at radius 1 is 1.26 bits per heavy atom. The SMILES string of the molecule is COCCCOc1cc2c(cc1Cl)-c1cc(=O)c(C(=O)O)cn1C(C1CCCC1)CO2. The average molecular weight is 448 g/mol. The van der Waals surface area contributed by atoms with Crippen LogP contribution in [0.5, 0.6) is 11.5 Å². The number of rotatable bonds is 7. The van der Waals surface area contributed by atoms with Crippen LogP contribution in [0.25, 0.3) is 11.3 Å². The lowest BCUT2D eigenvalue weighted by molar-refractivity contribution is 0.0693. The zero-order valence-corrected chi connectivity index (χ0v) is 18.2. The third-order valence-corrected chi connectivity index (χ3v) is 6.38. The largest absolute Gasteiger partial charge is 0.492 e. The van der Waals surface area contributed by atoms with Crippen LogP contribution >= 0.6 is 11.6 Å². The van der Waals surface area contributed by atoms with Crippen molar-refractivity contribution in [2.75, 3.05) is 26.9 Å². The summed E-state index contributed by atoms with van der Waals surface area (Å²) < 4.78 is 18.9. The summed E-state index contributed by atoms with van der Waals surface area (Å²) in [5.74, 6) is 0.209. The first-order valence-corrected chi connectivity index (χ1v) is 11.0. The number of nitrogens with zero attached hydrogens (tertiary/aromatic N) is 1. The van der Waals surface area contributed by atoms with E-state index in [1.165, 1.54) is 12.3 Å². The van der Waals surface area contributed by atoms with Crippen molar-refractivity contribution in [1.29, 1.82) is 0 Å². The van der Waals surface area contributed by atoms with Gasteiger partial charge in [-0.2, -0.15) is 0 Å². The molecule has 31 heavy (non-hydrogen) atoms. The molecule has 1 N–H and O–H groups in total. The number of aromatic nitrogens is 1. The van der Waals surface area contributed by atoms with Crippen molar-refractivity contribution in [2.24, 2.45) is 5.92 Å². The Bertz CT molecular complexity index is 1030. The molecule has 1 aliphatic heterocycles. The molecule has 8 heteroatoms. The van der Waals surface area contributed by atoms with Crippen molar-refractivity contribution in [2.45, 2.75) is 38.1 Å². The highest BCUT2D eigenvalue weighted by molar-refractivity contribution is 6.32. The Morgan fingerprint density at radius 3 is 2.74 bits per heavy atom. The van der Waals surface area contributed by atoms with E-state index >= 15 is 0 Å². The monoisotopic (exact) mass is 447 g/mol. The number of hydrogen-bond acceptors (Lipinski definition) is 5. The van der Waals surface area contributed by atoms with Crippen LogP contribution in [0.2, 0.25) is 5.02 Å². The number of pyridine rings is 1. The molecule has 2 aliphatic rings. The second-order valence-corrected chi connectivity index (χ2v) is 8.45. The number of carboxylic acids is 1. The minimum Gasteiger partial charge on any atom is -0.492 e. The number of halogens is 1. The normalized spacial score (nSPS) is 18.1. The van der Waals surface area contributed by atoms with Crippen LogP contribution in [0.1, 0.15) is 48.5 Å². The topological polar surface area (TPSA) is 87.0 Å². The van der Waals surface area contributed by atoms with Crippen LogP contribution in [0, 0.1) is 5.92 Å². The molecule has 1 unspecified atom stereocenters. The van der Waals surface area contributed by atoms with E-state index in [-0.39, 0.29) is 11.6 Å². The molecule has 1 aromatic carbocycles. The average Bonchev–Trinajstić information content (AvgIpc) is 3.23. The molecule has 2 heterocycles. The second-order valence-electron chi connectivity index (χ2n) is 8.05. The number of benzene rings is 1. The molecule has 7 nitrogen and oxygen atoms in total. The number of ether oxygens (including phenoxy) is 3. The van der Waals surface area contributed by atoms with Crippen LogP contribution in [0.15, 0.2) is 29.2 Å². The zero-order valence-electron chi connectivity index (χ0n) is 17.4. The summed E-state index contributed by atoms with van der Waals surface area (Å²) in [6, 6.07) is 4.80. The van der Waals surface area contributed by atoms with Gasteiger partial charge >= 0.3 is 5.97 Å². The number of carboxylic acid groups (broad SMARTS) is 1. The summed E-state index contributed by atoms with van der Waals surface area (Å²) in [6.07, 6.45) is 6.57. The lowest BCUT2D eigenvalue weighted by Crippen LogP contribution is -2.27. The minimum atomic E-state index is -1.23. The van der Waals surface area contributed by atoms with Gasteiger partial charge < -0.3 is 23.9 Å². The smallest absolute Gasteiger partial charge is 0.341 e. The molecule has 0 bridgehead atoms. The molecule has 0 radical (unpaired) electrons. The molecule has 4 rings (SSSR count). The van der Waals surface area contributed by atoms with Gasteiger partial charge in [0.1, 0.15) is 23.7 Å². The van der Waals surface area contributed by atoms with E-state index in [9.17, 15) is 14.7 Å². The first-order valence-electron chi connectivity index (χ1n) is 10.6. The van der Waals surface area contributed by atoms with E-state index in [1.807, 2.05) is 4.57 Å². The van der Waals surface area contributed by atoms with Crippen molar-refractivity contribution in [3.8, 4) is 22.8 Å². The van der Waals surface area contributed by atoms with E-state index in [0.717, 1.165) is 32.1 Å². The Hall–Kier alpha value is -2.51. The molecular formula is C23H26ClNO6. The second kappa shape index (κ2) is 9.32. The third kappa shape index (κ3) is 4.43. The first kappa shape index (κ1) is 21.7. The highest BCUT2D eigenvalue weighted by Gasteiger charge is 2.32. The Labute approximate surface area is 185 Å². The molecule has 1 atom stereocenters. The molecular weight excluding hydrogens is 422 g/mol. The molecule has 1 aromatic heterocycles. The zero-order chi connectivity index (χ0) is 22.0. The maximum atomic E-state index is 12.5. The summed E-state index contributed by atoms with van der Waals surface area (Å²) in [4.78, 5) is 24.2. The van der Waals surface area contributed by atoms with E-state index in [1.54, 1.807) is 19.2 Å². The number of methoxy groups -OCH3 is 1. The standard InChI is InChI=1S/C23H26ClNO6/c1-29-7-4-8-30-22-11-21-15(9-17(22)24)18-10-20(26)16(23(27)28)12-25(18)19(13-31-21)14-5-2-3-6-14/h9-12,14,19H,2-8,13H2,1H3,(H,27,28). The number of aromatic carboxylic acids is 1. The van der Waals surface area contributed by atoms with Gasteiger partial charge in [0, 0.05) is 44.0 Å². The van der Waals surface area contributed by atoms with Crippen LogP contribution in [0.4, 0.5) is 0 Å². The third-order valence-electron chi connectivity index (χ3n) is 6.08. The highest BCUT2D eigenvalue weighted by Crippen LogP contribution is 2.44. The van der Waals surface area contributed by atoms with Crippen LogP contribution in [-0.4, -0.2) is 42.6 Å². The molecule has 2 aromatic rings. The number of carbonyl (C=O) groups is 1. The van der Waals surface area contributed by atoms with Gasteiger partial charge in [0.25, 0.3) is 0 Å².